The molecule has 3 heterocycles. The minimum Gasteiger partial charge on any atom is -0.463 e. The summed E-state index contributed by atoms with van der Waals surface area (Å²) in [6.07, 6.45) is -26.1. The maximum atomic E-state index is 13.8. The van der Waals surface area contributed by atoms with Gasteiger partial charge in [-0.2, -0.15) is 0 Å². The van der Waals surface area contributed by atoms with E-state index in [4.69, 9.17) is 71.1 Å². The Morgan fingerprint density at radius 3 is 1.07 bits per heavy atom. The first kappa shape index (κ1) is 59.6. The highest BCUT2D eigenvalue weighted by molar-refractivity contribution is 8.72. The summed E-state index contributed by atoms with van der Waals surface area (Å²) in [5, 5.41) is 0. The quantitative estimate of drug-likeness (QED) is 0.0960. The van der Waals surface area contributed by atoms with Crippen LogP contribution in [0.15, 0.2) is 35.2 Å². The van der Waals surface area contributed by atoms with Gasteiger partial charge in [0.05, 0.1) is 4.90 Å². The van der Waals surface area contributed by atoms with Gasteiger partial charge in [-0.15, -0.1) is 0 Å². The lowest BCUT2D eigenvalue weighted by Gasteiger charge is -2.50. The lowest BCUT2D eigenvalue weighted by atomic mass is 9.95. The molecule has 0 bridgehead atoms. The molecule has 0 N–H and O–H groups in total. The van der Waals surface area contributed by atoms with Crippen molar-refractivity contribution in [2.24, 2.45) is 0 Å². The molecule has 406 valence electrons. The highest BCUT2D eigenvalue weighted by Gasteiger charge is 2.60. The Morgan fingerprint density at radius 1 is 0.397 bits per heavy atom. The predicted octanol–water partition coefficient (Wildman–Crippen LogP) is 0.265. The predicted molar refractivity (Wildman–Crippen MR) is 236 cm³/mol. The van der Waals surface area contributed by atoms with Gasteiger partial charge in [-0.25, -0.2) is 8.42 Å². The van der Waals surface area contributed by atoms with Gasteiger partial charge in [-0.05, 0) is 12.1 Å². The molecule has 0 spiro atoms. The average Bonchev–Trinajstić information content (AvgIpc) is 3.26. The van der Waals surface area contributed by atoms with Gasteiger partial charge in [0.2, 0.25) is 8.87 Å². The van der Waals surface area contributed by atoms with Gasteiger partial charge in [0.1, 0.15) is 50.3 Å². The molecule has 0 saturated carbocycles. The highest BCUT2D eigenvalue weighted by Crippen LogP contribution is 2.41. The van der Waals surface area contributed by atoms with Crippen LogP contribution in [0.5, 0.6) is 0 Å². The molecule has 27 nitrogen and oxygen atoms in total. The SMILES string of the molecule is CC(=O)OC[C@H]1O[C@@H](SS(=O)(=O)c2ccccc2)[C@H](OC(C)=O)[C@@H](OC(C)=O)[C@@H]1O[C@@H]1O[C@H](COC(C)=O)[C@@H](O[C@@H]2O[C@H](COC(C)=O)[C@@H](OC(C)=O)[C@H](OC(C)=O)[C@H]2OC(C)=O)[C@H](OC(C)=O)[C@H]1OC(C)=O. The Hall–Kier alpha value is -5.98. The van der Waals surface area contributed by atoms with Crippen LogP contribution in [0.1, 0.15) is 69.2 Å². The summed E-state index contributed by atoms with van der Waals surface area (Å²) in [6, 6.07) is 6.97. The van der Waals surface area contributed by atoms with Crippen molar-refractivity contribution in [3.63, 3.8) is 0 Å². The number of ether oxygens (including phenoxy) is 15. The molecule has 0 radical (unpaired) electrons. The summed E-state index contributed by atoms with van der Waals surface area (Å²) >= 11 is 0. The van der Waals surface area contributed by atoms with E-state index in [1.54, 1.807) is 6.07 Å². The average molecular weight is 1080 g/mol. The van der Waals surface area contributed by atoms with Crippen LogP contribution in [0.3, 0.4) is 0 Å². The smallest absolute Gasteiger partial charge is 0.303 e. The topological polar surface area (TPSA) is 343 Å². The molecule has 73 heavy (non-hydrogen) atoms. The van der Waals surface area contributed by atoms with E-state index in [0.717, 1.165) is 69.2 Å². The van der Waals surface area contributed by atoms with E-state index in [1.807, 2.05) is 0 Å². The van der Waals surface area contributed by atoms with Gasteiger partial charge in [-0.1, -0.05) is 18.2 Å². The molecule has 3 fully saturated rings. The molecule has 29 heteroatoms. The van der Waals surface area contributed by atoms with Crippen LogP contribution in [-0.4, -0.2) is 179 Å². The molecule has 0 unspecified atom stereocenters. The first-order valence-corrected chi connectivity index (χ1v) is 24.9. The molecule has 1 aromatic rings. The molecular formula is C44H56O27S2. The Kier molecular flexibility index (Phi) is 21.9. The van der Waals surface area contributed by atoms with Crippen molar-refractivity contribution in [1.29, 1.82) is 0 Å². The zero-order valence-corrected chi connectivity index (χ0v) is 42.6. The number of esters is 10. The molecule has 1 aromatic carbocycles. The van der Waals surface area contributed by atoms with Gasteiger partial charge >= 0.3 is 59.7 Å². The van der Waals surface area contributed by atoms with Crippen molar-refractivity contribution >= 4 is 79.4 Å². The number of hydrogen-bond donors (Lipinski definition) is 0. The zero-order valence-electron chi connectivity index (χ0n) is 41.0. The van der Waals surface area contributed by atoms with Crippen molar-refractivity contribution in [1.82, 2.24) is 0 Å². The van der Waals surface area contributed by atoms with Crippen LogP contribution in [-0.2, 0) is 128 Å². The van der Waals surface area contributed by atoms with Gasteiger partial charge in [0.15, 0.2) is 60.7 Å². The van der Waals surface area contributed by atoms with Gasteiger partial charge in [-0.3, -0.25) is 47.9 Å². The van der Waals surface area contributed by atoms with Gasteiger partial charge < -0.3 is 71.1 Å². The minimum absolute atomic E-state index is 0.142. The van der Waals surface area contributed by atoms with Gasteiger partial charge in [0, 0.05) is 80.0 Å². The fraction of sp³-hybridized carbons (Fsp3) is 0.636. The minimum atomic E-state index is -4.38. The van der Waals surface area contributed by atoms with Crippen LogP contribution in [0.2, 0.25) is 0 Å². The second-order valence-electron chi connectivity index (χ2n) is 16.1. The normalized spacial score (nSPS) is 29.9. The van der Waals surface area contributed by atoms with Crippen molar-refractivity contribution in [2.75, 3.05) is 19.8 Å². The number of benzene rings is 1. The van der Waals surface area contributed by atoms with Gasteiger partial charge in [0.25, 0.3) is 0 Å². The molecule has 3 aliphatic rings. The van der Waals surface area contributed by atoms with E-state index < -0.39 is 180 Å². The van der Waals surface area contributed by atoms with E-state index in [2.05, 4.69) is 0 Å². The molecule has 4 rings (SSSR count). The van der Waals surface area contributed by atoms with E-state index in [-0.39, 0.29) is 15.7 Å². The molecule has 0 aromatic heterocycles. The number of hydrogen-bond acceptors (Lipinski definition) is 28. The standard InChI is InChI=1S/C44H56O27S2/c1-19(45)57-16-30-33(60-22(4)48)36(61-23(5)49)39(64-26(8)52)42(67-30)70-34-31(17-58-20(2)46)68-43(40(65-27(9)53)37(34)62-24(6)50)71-35-32(18-59-21(3)47)69-44(41(66-28(10)54)38(35)63-25(7)51)72-73(55,56)29-14-12-11-13-15-29/h11-15,30-44H,16-18H2,1-10H3/t30-,31-,32-,33-,34-,35-,36+,37+,38+,39-,40-,41-,42+,43+,44+/m1/s1. The Balaban J connectivity index is 1.93. The van der Waals surface area contributed by atoms with Crippen LogP contribution in [0, 0.1) is 0 Å². The summed E-state index contributed by atoms with van der Waals surface area (Å²) in [6.45, 7) is 7.38. The van der Waals surface area contributed by atoms with E-state index in [9.17, 15) is 56.4 Å². The Morgan fingerprint density at radius 2 is 0.699 bits per heavy atom. The summed E-state index contributed by atoms with van der Waals surface area (Å²) in [4.78, 5) is 126. The fourth-order valence-electron chi connectivity index (χ4n) is 7.60. The largest absolute Gasteiger partial charge is 0.463 e. The van der Waals surface area contributed by atoms with Crippen molar-refractivity contribution in [2.45, 2.75) is 165 Å². The first-order valence-electron chi connectivity index (χ1n) is 22.0. The second kappa shape index (κ2) is 26.8. The third-order valence-corrected chi connectivity index (χ3v) is 13.7. The summed E-state index contributed by atoms with van der Waals surface area (Å²) in [5.41, 5.74) is -1.76. The lowest BCUT2D eigenvalue weighted by molar-refractivity contribution is -0.372. The van der Waals surface area contributed by atoms with Crippen molar-refractivity contribution in [3.8, 4) is 0 Å². The van der Waals surface area contributed by atoms with E-state index in [1.165, 1.54) is 24.3 Å². The third kappa shape index (κ3) is 17.6. The molecule has 3 saturated heterocycles. The number of carbonyl (C=O) groups excluding carboxylic acids is 10. The monoisotopic (exact) mass is 1080 g/mol. The second-order valence-corrected chi connectivity index (χ2v) is 20.1. The van der Waals surface area contributed by atoms with Crippen LogP contribution in [0.25, 0.3) is 0 Å². The van der Waals surface area contributed by atoms with Crippen LogP contribution >= 0.6 is 10.8 Å². The molecular weight excluding hydrogens is 1020 g/mol. The molecule has 0 aliphatic carbocycles. The summed E-state index contributed by atoms with van der Waals surface area (Å²) < 4.78 is 114. The third-order valence-electron chi connectivity index (χ3n) is 10.1. The Labute approximate surface area is 421 Å². The van der Waals surface area contributed by atoms with Crippen LogP contribution < -0.4 is 0 Å². The lowest BCUT2D eigenvalue weighted by Crippen LogP contribution is -2.68. The van der Waals surface area contributed by atoms with Crippen molar-refractivity contribution < 1.29 is 127 Å². The zero-order chi connectivity index (χ0) is 54.5. The first-order chi connectivity index (χ1) is 34.2. The maximum absolute atomic E-state index is 13.8. The molecule has 15 atom stereocenters. The maximum Gasteiger partial charge on any atom is 0.303 e. The summed E-state index contributed by atoms with van der Waals surface area (Å²) in [5.74, 6) is -9.93. The summed E-state index contributed by atoms with van der Waals surface area (Å²) in [7, 11) is -4.24. The Bertz CT molecular complexity index is 2290. The van der Waals surface area contributed by atoms with Crippen molar-refractivity contribution in [3.05, 3.63) is 30.3 Å². The van der Waals surface area contributed by atoms with E-state index >= 15 is 0 Å². The molecule has 3 aliphatic heterocycles. The fourth-order valence-corrected chi connectivity index (χ4v) is 10.8. The molecule has 0 amide bonds. The van der Waals surface area contributed by atoms with E-state index in [0.29, 0.717) is 0 Å². The highest BCUT2D eigenvalue weighted by atomic mass is 33.1. The number of carbonyl (C=O) groups is 10. The number of rotatable bonds is 20. The van der Waals surface area contributed by atoms with Crippen LogP contribution in [0.4, 0.5) is 0 Å².